The molecule has 1 nitrogen and oxygen atoms in total. The van der Waals surface area contributed by atoms with E-state index in [-0.39, 0.29) is 0 Å². The van der Waals surface area contributed by atoms with Crippen LogP contribution < -0.4 is 5.32 Å². The van der Waals surface area contributed by atoms with Crippen molar-refractivity contribution in [3.63, 3.8) is 0 Å². The zero-order valence-corrected chi connectivity index (χ0v) is 8.31. The molecule has 1 rings (SSSR count). The molecule has 0 atom stereocenters. The monoisotopic (exact) mass is 215 g/mol. The number of hydrogen-bond donors (Lipinski definition) is 1. The maximum atomic E-state index is 12.3. The first-order valence-electron chi connectivity index (χ1n) is 4.56. The third-order valence-electron chi connectivity index (χ3n) is 1.85. The fraction of sp³-hybridized carbons (Fsp3) is 0.273. The van der Waals surface area contributed by atoms with Gasteiger partial charge in [-0.2, -0.15) is 13.2 Å². The number of anilines is 1. The van der Waals surface area contributed by atoms with E-state index in [1.807, 2.05) is 19.1 Å². The molecule has 0 aromatic heterocycles. The van der Waals surface area contributed by atoms with Crippen molar-refractivity contribution in [1.29, 1.82) is 0 Å². The molecule has 0 spiro atoms. The lowest BCUT2D eigenvalue weighted by Gasteiger charge is -2.09. The molecule has 0 unspecified atom stereocenters. The topological polar surface area (TPSA) is 12.0 Å². The number of benzene rings is 1. The summed E-state index contributed by atoms with van der Waals surface area (Å²) in [6.07, 6.45) is -0.612. The van der Waals surface area contributed by atoms with Gasteiger partial charge in [0.15, 0.2) is 0 Å². The van der Waals surface area contributed by atoms with Crippen molar-refractivity contribution in [3.05, 3.63) is 42.0 Å². The minimum Gasteiger partial charge on any atom is -0.382 e. The van der Waals surface area contributed by atoms with Gasteiger partial charge in [0.2, 0.25) is 0 Å². The highest BCUT2D eigenvalue weighted by Gasteiger charge is 2.30. The van der Waals surface area contributed by atoms with Gasteiger partial charge in [-0.25, -0.2) is 0 Å². The van der Waals surface area contributed by atoms with Gasteiger partial charge >= 0.3 is 6.18 Å². The lowest BCUT2D eigenvalue weighted by Crippen LogP contribution is -2.06. The van der Waals surface area contributed by atoms with Gasteiger partial charge in [0, 0.05) is 12.2 Å². The van der Waals surface area contributed by atoms with Gasteiger partial charge in [-0.3, -0.25) is 0 Å². The highest BCUT2D eigenvalue weighted by Crippen LogP contribution is 2.30. The number of rotatable bonds is 3. The van der Waals surface area contributed by atoms with Crippen LogP contribution in [0.2, 0.25) is 0 Å². The molecule has 1 N–H and O–H groups in total. The maximum absolute atomic E-state index is 12.3. The molecular formula is C11H12F3N. The Bertz CT molecular complexity index is 342. The Morgan fingerprint density at radius 3 is 2.67 bits per heavy atom. The normalized spacial score (nSPS) is 12.0. The molecule has 0 amide bonds. The molecule has 1 aromatic carbocycles. The van der Waals surface area contributed by atoms with Crippen LogP contribution in [0.5, 0.6) is 0 Å². The predicted octanol–water partition coefficient (Wildman–Crippen LogP) is 3.69. The Morgan fingerprint density at radius 2 is 2.07 bits per heavy atom. The van der Waals surface area contributed by atoms with Crippen LogP contribution in [0.25, 0.3) is 0 Å². The van der Waals surface area contributed by atoms with Crippen molar-refractivity contribution in [3.8, 4) is 0 Å². The molecule has 0 saturated heterocycles. The zero-order chi connectivity index (χ0) is 11.3. The standard InChI is InChI=1S/C11H12F3N/c1-2-3-7-15-10-6-4-5-9(8-10)11(12,13)14/h2-6,8,15H,7H2,1H3/b3-2+. The third kappa shape index (κ3) is 3.65. The molecule has 0 aliphatic carbocycles. The highest BCUT2D eigenvalue weighted by molar-refractivity contribution is 5.46. The summed E-state index contributed by atoms with van der Waals surface area (Å²) < 4.78 is 36.9. The van der Waals surface area contributed by atoms with E-state index in [0.29, 0.717) is 12.2 Å². The summed E-state index contributed by atoms with van der Waals surface area (Å²) in [5.41, 5.74) is -0.157. The minimum absolute atomic E-state index is 0.475. The Balaban J connectivity index is 2.75. The van der Waals surface area contributed by atoms with Gasteiger partial charge in [-0.05, 0) is 25.1 Å². The molecule has 0 heterocycles. The molecule has 82 valence electrons. The van der Waals surface area contributed by atoms with Crippen molar-refractivity contribution < 1.29 is 13.2 Å². The minimum atomic E-state index is -4.28. The second-order valence-electron chi connectivity index (χ2n) is 3.03. The number of allylic oxidation sites excluding steroid dienone is 1. The molecule has 0 aliphatic heterocycles. The van der Waals surface area contributed by atoms with E-state index in [4.69, 9.17) is 0 Å². The number of nitrogens with one attached hydrogen (secondary N) is 1. The predicted molar refractivity (Wildman–Crippen MR) is 54.7 cm³/mol. The van der Waals surface area contributed by atoms with Crippen LogP contribution in [0.15, 0.2) is 36.4 Å². The molecule has 0 aliphatic rings. The third-order valence-corrected chi connectivity index (χ3v) is 1.85. The van der Waals surface area contributed by atoms with Crippen molar-refractivity contribution >= 4 is 5.69 Å². The fourth-order valence-corrected chi connectivity index (χ4v) is 1.10. The van der Waals surface area contributed by atoms with E-state index in [0.717, 1.165) is 12.1 Å². The van der Waals surface area contributed by atoms with Crippen molar-refractivity contribution in [1.82, 2.24) is 0 Å². The van der Waals surface area contributed by atoms with Crippen molar-refractivity contribution in [2.75, 3.05) is 11.9 Å². The first kappa shape index (κ1) is 11.6. The second kappa shape index (κ2) is 4.87. The summed E-state index contributed by atoms with van der Waals surface area (Å²) >= 11 is 0. The van der Waals surface area contributed by atoms with Gasteiger partial charge in [-0.1, -0.05) is 18.2 Å². The molecule has 1 aromatic rings. The van der Waals surface area contributed by atoms with Gasteiger partial charge in [0.25, 0.3) is 0 Å². The molecule has 0 fully saturated rings. The Morgan fingerprint density at radius 1 is 1.33 bits per heavy atom. The van der Waals surface area contributed by atoms with E-state index in [2.05, 4.69) is 5.32 Å². The van der Waals surface area contributed by atoms with Gasteiger partial charge in [0.05, 0.1) is 5.56 Å². The number of halogens is 3. The van der Waals surface area contributed by atoms with Crippen LogP contribution in [-0.4, -0.2) is 6.54 Å². The van der Waals surface area contributed by atoms with Crippen LogP contribution in [0.4, 0.5) is 18.9 Å². The quantitative estimate of drug-likeness (QED) is 0.758. The molecule has 0 bridgehead atoms. The Kier molecular flexibility index (Phi) is 3.77. The lowest BCUT2D eigenvalue weighted by atomic mass is 10.2. The Hall–Kier alpha value is -1.45. The largest absolute Gasteiger partial charge is 0.416 e. The highest BCUT2D eigenvalue weighted by atomic mass is 19.4. The van der Waals surface area contributed by atoms with Gasteiger partial charge < -0.3 is 5.32 Å². The number of alkyl halides is 3. The lowest BCUT2D eigenvalue weighted by molar-refractivity contribution is -0.137. The molecule has 4 heteroatoms. The number of hydrogen-bond acceptors (Lipinski definition) is 1. The summed E-state index contributed by atoms with van der Waals surface area (Å²) in [6, 6.07) is 5.16. The van der Waals surface area contributed by atoms with Crippen LogP contribution in [0.1, 0.15) is 12.5 Å². The summed E-state index contributed by atoms with van der Waals surface area (Å²) in [5.74, 6) is 0. The average molecular weight is 215 g/mol. The zero-order valence-electron chi connectivity index (χ0n) is 8.31. The molecule has 0 radical (unpaired) electrons. The van der Waals surface area contributed by atoms with E-state index < -0.39 is 11.7 Å². The van der Waals surface area contributed by atoms with Crippen LogP contribution >= 0.6 is 0 Å². The summed E-state index contributed by atoms with van der Waals surface area (Å²) in [5, 5.41) is 2.87. The van der Waals surface area contributed by atoms with E-state index in [1.165, 1.54) is 6.07 Å². The van der Waals surface area contributed by atoms with Gasteiger partial charge in [0.1, 0.15) is 0 Å². The molecule has 15 heavy (non-hydrogen) atoms. The smallest absolute Gasteiger partial charge is 0.382 e. The van der Waals surface area contributed by atoms with E-state index in [9.17, 15) is 13.2 Å². The summed E-state index contributed by atoms with van der Waals surface area (Å²) in [6.45, 7) is 2.38. The van der Waals surface area contributed by atoms with E-state index in [1.54, 1.807) is 6.07 Å². The summed E-state index contributed by atoms with van der Waals surface area (Å²) in [4.78, 5) is 0. The van der Waals surface area contributed by atoms with Crippen LogP contribution in [0.3, 0.4) is 0 Å². The maximum Gasteiger partial charge on any atom is 0.416 e. The second-order valence-corrected chi connectivity index (χ2v) is 3.03. The summed E-state index contributed by atoms with van der Waals surface area (Å²) in [7, 11) is 0. The van der Waals surface area contributed by atoms with E-state index >= 15 is 0 Å². The van der Waals surface area contributed by atoms with Crippen molar-refractivity contribution in [2.45, 2.75) is 13.1 Å². The Labute approximate surface area is 86.6 Å². The first-order valence-corrected chi connectivity index (χ1v) is 4.56. The average Bonchev–Trinajstić information content (AvgIpc) is 2.17. The van der Waals surface area contributed by atoms with Gasteiger partial charge in [-0.15, -0.1) is 0 Å². The van der Waals surface area contributed by atoms with Crippen LogP contribution in [0, 0.1) is 0 Å². The molecular weight excluding hydrogens is 203 g/mol. The molecule has 0 saturated carbocycles. The van der Waals surface area contributed by atoms with Crippen LogP contribution in [-0.2, 0) is 6.18 Å². The fourth-order valence-electron chi connectivity index (χ4n) is 1.10. The first-order chi connectivity index (χ1) is 7.04. The van der Waals surface area contributed by atoms with Crippen molar-refractivity contribution in [2.24, 2.45) is 0 Å². The SMILES string of the molecule is C/C=C/CNc1cccc(C(F)(F)F)c1.